The van der Waals surface area contributed by atoms with E-state index in [-0.39, 0.29) is 28.7 Å². The number of carbonyl (C=O) groups excluding carboxylic acids is 1. The number of alkyl carbamates (subject to hydrolysis) is 1. The predicted octanol–water partition coefficient (Wildman–Crippen LogP) is 6.47. The second kappa shape index (κ2) is 17.2. The Bertz CT molecular complexity index is 1340. The van der Waals surface area contributed by atoms with Crippen LogP contribution in [-0.4, -0.2) is 29.8 Å². The molecule has 0 aliphatic rings. The quantitative estimate of drug-likeness (QED) is 0.0854. The maximum Gasteiger partial charge on any atom is 2.00 e. The zero-order valence-corrected chi connectivity index (χ0v) is 27.3. The van der Waals surface area contributed by atoms with Crippen molar-refractivity contribution in [2.24, 2.45) is 10.2 Å². The van der Waals surface area contributed by atoms with E-state index < -0.39 is 16.1 Å². The number of thiocarbonyl (C=S) groups is 2. The number of ether oxygens (including phenoxy) is 1. The van der Waals surface area contributed by atoms with Crippen molar-refractivity contribution in [3.05, 3.63) is 78.9 Å². The van der Waals surface area contributed by atoms with Crippen molar-refractivity contribution in [3.63, 3.8) is 0 Å². The van der Waals surface area contributed by atoms with Crippen LogP contribution in [0.1, 0.15) is 6.92 Å². The van der Waals surface area contributed by atoms with Gasteiger partial charge in [-0.15, -0.1) is 25.3 Å². The molecule has 194 valence electrons. The summed E-state index contributed by atoms with van der Waals surface area (Å²) in [5, 5.41) is 13.3. The van der Waals surface area contributed by atoms with Gasteiger partial charge in [0.1, 0.15) is 8.64 Å². The van der Waals surface area contributed by atoms with Gasteiger partial charge in [-0.2, -0.15) is 10.2 Å². The first-order chi connectivity index (χ1) is 17.6. The van der Waals surface area contributed by atoms with Gasteiger partial charge < -0.3 is 10.1 Å². The molecule has 9 nitrogen and oxygen atoms in total. The van der Waals surface area contributed by atoms with E-state index in [4.69, 9.17) is 12.2 Å². The van der Waals surface area contributed by atoms with Gasteiger partial charge in [-0.05, 0) is 67.6 Å². The number of hydrogen-bond donors (Lipinski definition) is 5. The van der Waals surface area contributed by atoms with Gasteiger partial charge >= 0.3 is 25.6 Å². The third-order valence-electron chi connectivity index (χ3n) is 4.06. The number of hydrogen-bond acceptors (Lipinski definition) is 8. The Hall–Kier alpha value is -2.42. The summed E-state index contributed by atoms with van der Waals surface area (Å²) in [6.07, 6.45) is -0.558. The Morgan fingerprint density at radius 2 is 1.37 bits per heavy atom. The van der Waals surface area contributed by atoms with Crippen LogP contribution >= 0.6 is 49.7 Å². The fourth-order valence-corrected chi connectivity index (χ4v) is 4.00. The summed E-state index contributed by atoms with van der Waals surface area (Å²) in [4.78, 5) is 10.5. The summed E-state index contributed by atoms with van der Waals surface area (Å²) in [5.74, 6) is 0. The summed E-state index contributed by atoms with van der Waals surface area (Å²) < 4.78 is 32.5. The summed E-state index contributed by atoms with van der Waals surface area (Å²) >= 11 is 16.9. The number of amides is 1. The molecule has 0 aliphatic heterocycles. The molecule has 3 rings (SSSR count). The van der Waals surface area contributed by atoms with Gasteiger partial charge in [-0.3, -0.25) is 10.0 Å². The SMILES string of the molecule is CCOC(=O)NC(=S)S.O=S(=O)(Nc1ccc(N=Nc2ccccc2)cc1)c1ccc(NC(=S)S)cc1.[Zn+2]. The first kappa shape index (κ1) is 33.6. The summed E-state index contributed by atoms with van der Waals surface area (Å²) in [6, 6.07) is 22.2. The molecule has 1 amide bonds. The second-order valence-corrected chi connectivity index (χ2v) is 10.8. The second-order valence-electron chi connectivity index (χ2n) is 6.79. The van der Waals surface area contributed by atoms with E-state index in [2.05, 4.69) is 67.8 Å². The summed E-state index contributed by atoms with van der Waals surface area (Å²) in [7, 11) is -3.71. The molecule has 0 bridgehead atoms. The van der Waals surface area contributed by atoms with E-state index in [9.17, 15) is 13.2 Å². The average Bonchev–Trinajstić information content (AvgIpc) is 2.84. The number of benzene rings is 3. The van der Waals surface area contributed by atoms with E-state index in [0.29, 0.717) is 28.0 Å². The molecule has 0 atom stereocenters. The van der Waals surface area contributed by atoms with Crippen molar-refractivity contribution < 1.29 is 37.4 Å². The molecule has 0 saturated carbocycles. The molecule has 38 heavy (non-hydrogen) atoms. The molecule has 3 N–H and O–H groups in total. The monoisotopic (exact) mass is 657 g/mol. The van der Waals surface area contributed by atoms with Crippen molar-refractivity contribution in [2.45, 2.75) is 11.8 Å². The smallest absolute Gasteiger partial charge is 0.450 e. The van der Waals surface area contributed by atoms with Crippen molar-refractivity contribution in [1.82, 2.24) is 5.32 Å². The number of anilines is 2. The van der Waals surface area contributed by atoms with Gasteiger partial charge in [0.05, 0.1) is 22.9 Å². The Labute approximate surface area is 255 Å². The predicted molar refractivity (Wildman–Crippen MR) is 161 cm³/mol. The summed E-state index contributed by atoms with van der Waals surface area (Å²) in [5.41, 5.74) is 2.44. The number of sulfonamides is 1. The van der Waals surface area contributed by atoms with E-state index in [1.165, 1.54) is 12.1 Å². The van der Waals surface area contributed by atoms with Crippen LogP contribution < -0.4 is 15.4 Å². The zero-order valence-electron chi connectivity index (χ0n) is 20.1. The van der Waals surface area contributed by atoms with Gasteiger partial charge in [0.15, 0.2) is 0 Å². The number of rotatable bonds is 7. The summed E-state index contributed by atoms with van der Waals surface area (Å²) in [6.45, 7) is 2.05. The third-order valence-corrected chi connectivity index (χ3v) is 5.88. The minimum atomic E-state index is -3.71. The largest absolute Gasteiger partial charge is 2.00 e. The van der Waals surface area contributed by atoms with Crippen molar-refractivity contribution in [3.8, 4) is 0 Å². The molecular formula is C23H23N5O4S5Zn+2. The number of carbonyl (C=O) groups is 1. The minimum Gasteiger partial charge on any atom is -0.450 e. The Kier molecular flexibility index (Phi) is 15.2. The molecule has 3 aromatic rings. The van der Waals surface area contributed by atoms with Crippen LogP contribution in [-0.2, 0) is 34.2 Å². The molecule has 0 spiro atoms. The average molecular weight is 659 g/mol. The van der Waals surface area contributed by atoms with E-state index >= 15 is 0 Å². The Morgan fingerprint density at radius 1 is 0.842 bits per heavy atom. The first-order valence-electron chi connectivity index (χ1n) is 10.5. The maximum atomic E-state index is 12.5. The minimum absolute atomic E-state index is 0. The van der Waals surface area contributed by atoms with Crippen LogP contribution in [0.25, 0.3) is 0 Å². The molecule has 0 heterocycles. The third kappa shape index (κ3) is 12.9. The Morgan fingerprint density at radius 3 is 1.87 bits per heavy atom. The molecule has 0 saturated heterocycles. The number of nitrogens with zero attached hydrogens (tertiary/aromatic N) is 2. The molecule has 0 unspecified atom stereocenters. The van der Waals surface area contributed by atoms with Crippen LogP contribution in [0.5, 0.6) is 0 Å². The van der Waals surface area contributed by atoms with Gasteiger partial charge in [0.25, 0.3) is 10.0 Å². The topological polar surface area (TPSA) is 121 Å². The van der Waals surface area contributed by atoms with E-state index in [0.717, 1.165) is 5.69 Å². The van der Waals surface area contributed by atoms with Gasteiger partial charge in [0.2, 0.25) is 0 Å². The van der Waals surface area contributed by atoms with Gasteiger partial charge in [-0.1, -0.05) is 42.6 Å². The molecule has 0 radical (unpaired) electrons. The van der Waals surface area contributed by atoms with Crippen LogP contribution in [0.4, 0.5) is 27.5 Å². The molecular weight excluding hydrogens is 636 g/mol. The molecule has 0 aliphatic carbocycles. The normalized spacial score (nSPS) is 10.3. The van der Waals surface area contributed by atoms with E-state index in [1.54, 1.807) is 43.3 Å². The molecule has 0 aromatic heterocycles. The zero-order chi connectivity index (χ0) is 27.3. The van der Waals surface area contributed by atoms with Crippen LogP contribution in [0.3, 0.4) is 0 Å². The number of azo groups is 1. The van der Waals surface area contributed by atoms with E-state index in [1.807, 2.05) is 30.3 Å². The molecule has 0 fully saturated rings. The van der Waals surface area contributed by atoms with Crippen LogP contribution in [0.2, 0.25) is 0 Å². The fourth-order valence-electron chi connectivity index (χ4n) is 2.52. The first-order valence-corrected chi connectivity index (χ1v) is 13.6. The number of nitrogens with one attached hydrogen (secondary N) is 3. The van der Waals surface area contributed by atoms with Crippen molar-refractivity contribution in [2.75, 3.05) is 16.6 Å². The fraction of sp³-hybridized carbons (Fsp3) is 0.0870. The maximum absolute atomic E-state index is 12.5. The molecule has 3 aromatic carbocycles. The van der Waals surface area contributed by atoms with Crippen molar-refractivity contribution in [1.29, 1.82) is 0 Å². The van der Waals surface area contributed by atoms with Gasteiger partial charge in [-0.25, -0.2) is 13.2 Å². The number of thiol groups is 2. The molecule has 15 heteroatoms. The van der Waals surface area contributed by atoms with Crippen LogP contribution in [0.15, 0.2) is 94.0 Å². The van der Waals surface area contributed by atoms with Crippen LogP contribution in [0, 0.1) is 0 Å². The van der Waals surface area contributed by atoms with Gasteiger partial charge in [0, 0.05) is 11.4 Å². The van der Waals surface area contributed by atoms with Crippen molar-refractivity contribution >= 4 is 97.2 Å². The Balaban J connectivity index is 0.000000622. The standard InChI is InChI=1S/C19H16N4O2S3.C4H7NO2S2.Zn/c24-28(25,18-12-10-14(11-13-18)20-19(26)27)23-17-8-6-16(7-9-17)22-21-15-4-2-1-3-5-15;1-2-7-3(6)5-4(8)9;/h1-13,23H,(H2,20,26,27);2H2,1H3,(H2,5,6,8,9);/q;;+2.